The van der Waals surface area contributed by atoms with Crippen molar-refractivity contribution < 1.29 is 19.5 Å². The van der Waals surface area contributed by atoms with Crippen molar-refractivity contribution in [1.82, 2.24) is 30.0 Å². The largest absolute Gasteiger partial charge is 0.501 e. The molecule has 3 aliphatic heterocycles. The van der Waals surface area contributed by atoms with E-state index >= 15 is 0 Å². The summed E-state index contributed by atoms with van der Waals surface area (Å²) in [5.41, 5.74) is 0.982. The minimum atomic E-state index is -0.716. The summed E-state index contributed by atoms with van der Waals surface area (Å²) in [6, 6.07) is 7.54. The summed E-state index contributed by atoms with van der Waals surface area (Å²) in [5.74, 6) is -2.64. The van der Waals surface area contributed by atoms with Crippen molar-refractivity contribution in [3.05, 3.63) is 51.7 Å². The predicted octanol–water partition coefficient (Wildman–Crippen LogP) is 0.101. The molecule has 4 heterocycles. The molecule has 3 unspecified atom stereocenters. The van der Waals surface area contributed by atoms with E-state index < -0.39 is 35.1 Å². The van der Waals surface area contributed by atoms with Crippen molar-refractivity contribution in [1.29, 1.82) is 0 Å². The molecule has 40 heavy (non-hydrogen) atoms. The highest BCUT2D eigenvalue weighted by molar-refractivity contribution is 6.34. The number of hydrogen-bond acceptors (Lipinski definition) is 8. The molecule has 0 radical (unpaired) electrons. The van der Waals surface area contributed by atoms with Gasteiger partial charge in [-0.25, -0.2) is 4.98 Å². The standard InChI is InChI=1S/C28H37N7O5/c1-32(2)28(40)26(38)30-21-14-18-7-8-20(21)24-31-22(23(36)27(39)35(24)16-18)25(37)29-15-17-5-4-6-19(13-17)34-11-9-33(3)10-12-34/h4-6,13,18,20-21,36H,7-12,14-16H2,1-3H3,(H,29,37)(H,30,38). The number of carbonyl (C=O) groups excluding carboxylic acids is 3. The van der Waals surface area contributed by atoms with E-state index in [2.05, 4.69) is 32.5 Å². The summed E-state index contributed by atoms with van der Waals surface area (Å²) in [4.78, 5) is 61.4. The topological polar surface area (TPSA) is 140 Å². The van der Waals surface area contributed by atoms with Crippen LogP contribution in [0.1, 0.15) is 47.1 Å². The highest BCUT2D eigenvalue weighted by Crippen LogP contribution is 2.40. The maximum Gasteiger partial charge on any atom is 0.311 e. The molecule has 3 amide bonds. The summed E-state index contributed by atoms with van der Waals surface area (Å²) in [6.45, 7) is 4.36. The van der Waals surface area contributed by atoms with E-state index in [1.807, 2.05) is 24.3 Å². The average molecular weight is 552 g/mol. The lowest BCUT2D eigenvalue weighted by molar-refractivity contribution is -0.144. The normalized spacial score (nSPS) is 22.3. The maximum atomic E-state index is 13.2. The highest BCUT2D eigenvalue weighted by atomic mass is 16.3. The van der Waals surface area contributed by atoms with Crippen molar-refractivity contribution in [3.63, 3.8) is 0 Å². The SMILES string of the molecule is CN1CCN(c2cccc(CNC(=O)c3nc4n(c(=O)c3O)CC3CCC4C(NC(=O)C(=O)N(C)C)C3)c2)CC1. The van der Waals surface area contributed by atoms with Gasteiger partial charge in [-0.15, -0.1) is 0 Å². The lowest BCUT2D eigenvalue weighted by Crippen LogP contribution is -2.48. The smallest absolute Gasteiger partial charge is 0.311 e. The number of carbonyl (C=O) groups is 3. The van der Waals surface area contributed by atoms with E-state index in [0.29, 0.717) is 25.2 Å². The molecule has 12 heteroatoms. The Balaban J connectivity index is 1.34. The lowest BCUT2D eigenvalue weighted by Gasteiger charge is -2.34. The van der Waals surface area contributed by atoms with Crippen LogP contribution in [0.15, 0.2) is 29.1 Å². The number of fused-ring (bicyclic) bond motifs is 2. The molecule has 1 aromatic heterocycles. The molecular formula is C28H37N7O5. The van der Waals surface area contributed by atoms with Crippen LogP contribution in [-0.4, -0.2) is 95.5 Å². The van der Waals surface area contributed by atoms with Gasteiger partial charge in [0.05, 0.1) is 0 Å². The first kappa shape index (κ1) is 27.6. The van der Waals surface area contributed by atoms with Gasteiger partial charge in [0.25, 0.3) is 11.5 Å². The quantitative estimate of drug-likeness (QED) is 0.445. The van der Waals surface area contributed by atoms with Gasteiger partial charge in [0, 0.05) is 71.0 Å². The van der Waals surface area contributed by atoms with Crippen molar-refractivity contribution in [2.24, 2.45) is 5.92 Å². The van der Waals surface area contributed by atoms with E-state index in [1.165, 1.54) is 23.6 Å². The van der Waals surface area contributed by atoms with Gasteiger partial charge < -0.3 is 30.4 Å². The number of aromatic nitrogens is 2. The highest BCUT2D eigenvalue weighted by Gasteiger charge is 2.41. The van der Waals surface area contributed by atoms with Gasteiger partial charge in [-0.1, -0.05) is 12.1 Å². The molecule has 6 rings (SSSR count). The molecule has 2 fully saturated rings. The van der Waals surface area contributed by atoms with Crippen LogP contribution in [0.5, 0.6) is 5.75 Å². The Kier molecular flexibility index (Phi) is 7.79. The van der Waals surface area contributed by atoms with Crippen LogP contribution in [-0.2, 0) is 22.7 Å². The minimum Gasteiger partial charge on any atom is -0.501 e. The summed E-state index contributed by atoms with van der Waals surface area (Å²) >= 11 is 0. The van der Waals surface area contributed by atoms with E-state index in [0.717, 1.165) is 43.9 Å². The fourth-order valence-electron chi connectivity index (χ4n) is 5.96. The third-order valence-corrected chi connectivity index (χ3v) is 8.27. The van der Waals surface area contributed by atoms with Crippen LogP contribution < -0.4 is 21.1 Å². The van der Waals surface area contributed by atoms with Crippen molar-refractivity contribution in [3.8, 4) is 5.75 Å². The molecule has 2 bridgehead atoms. The molecule has 0 spiro atoms. The zero-order valence-electron chi connectivity index (χ0n) is 23.2. The lowest BCUT2D eigenvalue weighted by atomic mass is 9.79. The number of piperazine rings is 1. The van der Waals surface area contributed by atoms with Gasteiger partial charge in [0.1, 0.15) is 5.82 Å². The molecule has 1 saturated heterocycles. The van der Waals surface area contributed by atoms with Crippen LogP contribution >= 0.6 is 0 Å². The first-order valence-electron chi connectivity index (χ1n) is 13.8. The van der Waals surface area contributed by atoms with Gasteiger partial charge in [0.2, 0.25) is 5.75 Å². The summed E-state index contributed by atoms with van der Waals surface area (Å²) in [6.07, 6.45) is 2.03. The Morgan fingerprint density at radius 1 is 1.12 bits per heavy atom. The van der Waals surface area contributed by atoms with Gasteiger partial charge >= 0.3 is 11.8 Å². The Morgan fingerprint density at radius 2 is 1.88 bits per heavy atom. The minimum absolute atomic E-state index is 0.0726. The number of rotatable bonds is 5. The molecule has 2 aromatic rings. The maximum absolute atomic E-state index is 13.2. The summed E-state index contributed by atoms with van der Waals surface area (Å²) in [5, 5.41) is 16.3. The number of benzene rings is 1. The number of hydrogen-bond donors (Lipinski definition) is 3. The third-order valence-electron chi connectivity index (χ3n) is 8.27. The van der Waals surface area contributed by atoms with Gasteiger partial charge in [0.15, 0.2) is 5.69 Å². The fourth-order valence-corrected chi connectivity index (χ4v) is 5.96. The summed E-state index contributed by atoms with van der Waals surface area (Å²) in [7, 11) is 5.12. The van der Waals surface area contributed by atoms with Crippen molar-refractivity contribution >= 4 is 23.4 Å². The van der Waals surface area contributed by atoms with Gasteiger partial charge in [-0.2, -0.15) is 0 Å². The molecule has 1 aromatic carbocycles. The second-order valence-corrected chi connectivity index (χ2v) is 11.3. The van der Waals surface area contributed by atoms with Crippen LogP contribution in [0.4, 0.5) is 5.69 Å². The predicted molar refractivity (Wildman–Crippen MR) is 148 cm³/mol. The second-order valence-electron chi connectivity index (χ2n) is 11.3. The monoisotopic (exact) mass is 551 g/mol. The number of nitrogens with zero attached hydrogens (tertiary/aromatic N) is 5. The first-order valence-corrected chi connectivity index (χ1v) is 13.8. The molecule has 12 nitrogen and oxygen atoms in total. The van der Waals surface area contributed by atoms with E-state index in [4.69, 9.17) is 0 Å². The number of anilines is 1. The number of likely N-dealkylation sites (N-methyl/N-ethyl adjacent to an activating group) is 2. The average Bonchev–Trinajstić information content (AvgIpc) is 3.21. The molecule has 1 aliphatic carbocycles. The molecule has 1 saturated carbocycles. The molecular weight excluding hydrogens is 514 g/mol. The number of aromatic hydroxyl groups is 1. The Hall–Kier alpha value is -3.93. The van der Waals surface area contributed by atoms with Crippen LogP contribution in [0, 0.1) is 5.92 Å². The Morgan fingerprint density at radius 3 is 2.60 bits per heavy atom. The molecule has 4 aliphatic rings. The Labute approximate surface area is 233 Å². The van der Waals surface area contributed by atoms with E-state index in [9.17, 15) is 24.3 Å². The van der Waals surface area contributed by atoms with Gasteiger partial charge in [-0.3, -0.25) is 23.7 Å². The van der Waals surface area contributed by atoms with E-state index in [-0.39, 0.29) is 24.1 Å². The second kappa shape index (κ2) is 11.3. The number of amides is 3. The zero-order valence-corrected chi connectivity index (χ0v) is 23.2. The third kappa shape index (κ3) is 5.53. The Bertz CT molecular complexity index is 1370. The fraction of sp³-hybridized carbons (Fsp3) is 0.536. The van der Waals surface area contributed by atoms with Gasteiger partial charge in [-0.05, 0) is 49.9 Å². The van der Waals surface area contributed by atoms with Crippen LogP contribution in [0.2, 0.25) is 0 Å². The zero-order chi connectivity index (χ0) is 28.6. The number of nitrogens with one attached hydrogen (secondary N) is 2. The summed E-state index contributed by atoms with van der Waals surface area (Å²) < 4.78 is 1.42. The molecule has 3 N–H and O–H groups in total. The van der Waals surface area contributed by atoms with Crippen molar-refractivity contribution in [2.45, 2.75) is 44.3 Å². The van der Waals surface area contributed by atoms with Crippen molar-refractivity contribution in [2.75, 3.05) is 52.2 Å². The van der Waals surface area contributed by atoms with Crippen LogP contribution in [0.3, 0.4) is 0 Å². The van der Waals surface area contributed by atoms with Crippen LogP contribution in [0.25, 0.3) is 0 Å². The first-order chi connectivity index (χ1) is 19.1. The molecule has 214 valence electrons. The van der Waals surface area contributed by atoms with E-state index in [1.54, 1.807) is 0 Å². The molecule has 3 atom stereocenters.